The molecule has 1 aliphatic carbocycles. The molecule has 0 unspecified atom stereocenters. The van der Waals surface area contributed by atoms with E-state index in [0.29, 0.717) is 6.04 Å². The van der Waals surface area contributed by atoms with Gasteiger partial charge in [0, 0.05) is 6.04 Å². The maximum absolute atomic E-state index is 5.68. The fourth-order valence-electron chi connectivity index (χ4n) is 1.50. The van der Waals surface area contributed by atoms with E-state index in [0.717, 1.165) is 6.42 Å². The van der Waals surface area contributed by atoms with Gasteiger partial charge in [0.25, 0.3) is 0 Å². The normalized spacial score (nSPS) is 22.0. The first-order chi connectivity index (χ1) is 4.79. The lowest BCUT2D eigenvalue weighted by atomic mass is 9.95. The van der Waals surface area contributed by atoms with Crippen LogP contribution in [0.3, 0.4) is 0 Å². The van der Waals surface area contributed by atoms with Gasteiger partial charge in [0.2, 0.25) is 0 Å². The van der Waals surface area contributed by atoms with Crippen molar-refractivity contribution in [1.29, 1.82) is 0 Å². The molecular weight excluding hydrogens is 122 g/mol. The lowest BCUT2D eigenvalue weighted by molar-refractivity contribution is 0.635. The zero-order valence-corrected chi connectivity index (χ0v) is 6.77. The van der Waals surface area contributed by atoms with Crippen molar-refractivity contribution in [2.75, 3.05) is 0 Å². The Morgan fingerprint density at radius 3 is 2.90 bits per heavy atom. The molecule has 0 amide bonds. The van der Waals surface area contributed by atoms with Crippen molar-refractivity contribution in [2.24, 2.45) is 5.73 Å². The standard InChI is InChI=1S/C9H17N/c1-8(10)7-9-5-3-2-4-6-9/h5,8H,2-4,6-7,10H2,1H3/t8-/m0/s1. The number of rotatable bonds is 2. The van der Waals surface area contributed by atoms with Gasteiger partial charge in [-0.2, -0.15) is 0 Å². The van der Waals surface area contributed by atoms with Gasteiger partial charge in [0.15, 0.2) is 0 Å². The van der Waals surface area contributed by atoms with E-state index in [1.165, 1.54) is 25.7 Å². The average Bonchev–Trinajstić information content (AvgIpc) is 1.88. The molecule has 0 saturated heterocycles. The number of hydrogen-bond donors (Lipinski definition) is 1. The Hall–Kier alpha value is -0.300. The van der Waals surface area contributed by atoms with Crippen LogP contribution < -0.4 is 5.73 Å². The van der Waals surface area contributed by atoms with Gasteiger partial charge in [0.05, 0.1) is 0 Å². The van der Waals surface area contributed by atoms with Crippen LogP contribution in [0, 0.1) is 0 Å². The molecule has 1 aliphatic rings. The highest BCUT2D eigenvalue weighted by atomic mass is 14.6. The number of allylic oxidation sites excluding steroid dienone is 1. The van der Waals surface area contributed by atoms with E-state index in [2.05, 4.69) is 13.0 Å². The zero-order chi connectivity index (χ0) is 7.40. The van der Waals surface area contributed by atoms with Crippen LogP contribution in [0.5, 0.6) is 0 Å². The molecule has 0 radical (unpaired) electrons. The Kier molecular flexibility index (Phi) is 2.94. The lowest BCUT2D eigenvalue weighted by Crippen LogP contribution is -2.15. The number of nitrogens with two attached hydrogens (primary N) is 1. The van der Waals surface area contributed by atoms with Crippen molar-refractivity contribution in [3.05, 3.63) is 11.6 Å². The summed E-state index contributed by atoms with van der Waals surface area (Å²) in [5.74, 6) is 0. The molecule has 0 fully saturated rings. The first-order valence-electron chi connectivity index (χ1n) is 4.22. The first kappa shape index (κ1) is 7.80. The Morgan fingerprint density at radius 1 is 1.60 bits per heavy atom. The molecule has 0 spiro atoms. The summed E-state index contributed by atoms with van der Waals surface area (Å²) in [5, 5.41) is 0. The predicted octanol–water partition coefficient (Wildman–Crippen LogP) is 2.22. The molecular formula is C9H17N. The Balaban J connectivity index is 2.31. The molecule has 1 atom stereocenters. The molecule has 0 aromatic carbocycles. The molecule has 1 rings (SSSR count). The van der Waals surface area contributed by atoms with Gasteiger partial charge in [-0.15, -0.1) is 0 Å². The van der Waals surface area contributed by atoms with Crippen LogP contribution in [0.2, 0.25) is 0 Å². The summed E-state index contributed by atoms with van der Waals surface area (Å²) in [5.41, 5.74) is 7.27. The summed E-state index contributed by atoms with van der Waals surface area (Å²) in [6, 6.07) is 0.351. The van der Waals surface area contributed by atoms with Crippen LogP contribution in [-0.4, -0.2) is 6.04 Å². The van der Waals surface area contributed by atoms with Gasteiger partial charge < -0.3 is 5.73 Å². The zero-order valence-electron chi connectivity index (χ0n) is 6.77. The average molecular weight is 139 g/mol. The van der Waals surface area contributed by atoms with Crippen molar-refractivity contribution in [3.8, 4) is 0 Å². The third kappa shape index (κ3) is 2.53. The fourth-order valence-corrected chi connectivity index (χ4v) is 1.50. The van der Waals surface area contributed by atoms with E-state index in [1.54, 1.807) is 5.57 Å². The highest BCUT2D eigenvalue weighted by molar-refractivity contribution is 5.06. The fraction of sp³-hybridized carbons (Fsp3) is 0.778. The van der Waals surface area contributed by atoms with Crippen LogP contribution in [0.25, 0.3) is 0 Å². The molecule has 0 aromatic heterocycles. The molecule has 10 heavy (non-hydrogen) atoms. The monoisotopic (exact) mass is 139 g/mol. The van der Waals surface area contributed by atoms with Crippen LogP contribution >= 0.6 is 0 Å². The third-order valence-corrected chi connectivity index (χ3v) is 1.97. The van der Waals surface area contributed by atoms with Gasteiger partial charge in [-0.1, -0.05) is 11.6 Å². The third-order valence-electron chi connectivity index (χ3n) is 1.97. The van der Waals surface area contributed by atoms with Gasteiger partial charge in [-0.3, -0.25) is 0 Å². The smallest absolute Gasteiger partial charge is 0.00476 e. The predicted molar refractivity (Wildman–Crippen MR) is 44.8 cm³/mol. The van der Waals surface area contributed by atoms with E-state index < -0.39 is 0 Å². The van der Waals surface area contributed by atoms with Gasteiger partial charge in [-0.05, 0) is 39.0 Å². The first-order valence-corrected chi connectivity index (χ1v) is 4.22. The lowest BCUT2D eigenvalue weighted by Gasteiger charge is -2.13. The van der Waals surface area contributed by atoms with Crippen molar-refractivity contribution in [3.63, 3.8) is 0 Å². The highest BCUT2D eigenvalue weighted by Crippen LogP contribution is 2.20. The van der Waals surface area contributed by atoms with Crippen molar-refractivity contribution < 1.29 is 0 Å². The maximum atomic E-state index is 5.68. The molecule has 58 valence electrons. The van der Waals surface area contributed by atoms with Crippen molar-refractivity contribution in [2.45, 2.75) is 45.1 Å². The molecule has 1 nitrogen and oxygen atoms in total. The Morgan fingerprint density at radius 2 is 2.40 bits per heavy atom. The molecule has 1 heteroatoms. The molecule has 0 saturated carbocycles. The highest BCUT2D eigenvalue weighted by Gasteiger charge is 2.04. The minimum Gasteiger partial charge on any atom is -0.328 e. The molecule has 0 heterocycles. The van der Waals surface area contributed by atoms with Crippen molar-refractivity contribution in [1.82, 2.24) is 0 Å². The largest absolute Gasteiger partial charge is 0.328 e. The summed E-state index contributed by atoms with van der Waals surface area (Å²) in [4.78, 5) is 0. The molecule has 0 bridgehead atoms. The summed E-state index contributed by atoms with van der Waals surface area (Å²) in [6.45, 7) is 2.08. The summed E-state index contributed by atoms with van der Waals surface area (Å²) in [6.07, 6.45) is 8.80. The van der Waals surface area contributed by atoms with E-state index in [1.807, 2.05) is 0 Å². The summed E-state index contributed by atoms with van der Waals surface area (Å²) < 4.78 is 0. The SMILES string of the molecule is C[C@H](N)CC1=CCCCC1. The Bertz CT molecular complexity index is 125. The van der Waals surface area contributed by atoms with E-state index in [9.17, 15) is 0 Å². The van der Waals surface area contributed by atoms with Crippen LogP contribution in [0.15, 0.2) is 11.6 Å². The van der Waals surface area contributed by atoms with E-state index in [-0.39, 0.29) is 0 Å². The molecule has 0 aromatic rings. The molecule has 0 aliphatic heterocycles. The topological polar surface area (TPSA) is 26.0 Å². The second-order valence-electron chi connectivity index (χ2n) is 3.29. The maximum Gasteiger partial charge on any atom is 0.00476 e. The Labute approximate surface area is 63.3 Å². The molecule has 2 N–H and O–H groups in total. The minimum absolute atomic E-state index is 0.351. The van der Waals surface area contributed by atoms with Crippen molar-refractivity contribution >= 4 is 0 Å². The van der Waals surface area contributed by atoms with E-state index >= 15 is 0 Å². The quantitative estimate of drug-likeness (QED) is 0.583. The second-order valence-corrected chi connectivity index (χ2v) is 3.29. The van der Waals surface area contributed by atoms with Crippen LogP contribution in [0.1, 0.15) is 39.0 Å². The minimum atomic E-state index is 0.351. The van der Waals surface area contributed by atoms with Gasteiger partial charge in [-0.25, -0.2) is 0 Å². The summed E-state index contributed by atoms with van der Waals surface area (Å²) >= 11 is 0. The number of hydrogen-bond acceptors (Lipinski definition) is 1. The summed E-state index contributed by atoms with van der Waals surface area (Å²) in [7, 11) is 0. The van der Waals surface area contributed by atoms with Gasteiger partial charge in [0.1, 0.15) is 0 Å². The van der Waals surface area contributed by atoms with Gasteiger partial charge >= 0.3 is 0 Å². The van der Waals surface area contributed by atoms with Crippen LogP contribution in [0.4, 0.5) is 0 Å². The van der Waals surface area contributed by atoms with E-state index in [4.69, 9.17) is 5.73 Å². The van der Waals surface area contributed by atoms with Crippen LogP contribution in [-0.2, 0) is 0 Å². The second kappa shape index (κ2) is 3.77.